The quantitative estimate of drug-likeness (QED) is 0.835. The van der Waals surface area contributed by atoms with E-state index in [-0.39, 0.29) is 17.8 Å². The van der Waals surface area contributed by atoms with Crippen LogP contribution >= 0.6 is 15.9 Å². The van der Waals surface area contributed by atoms with E-state index in [0.717, 1.165) is 32.4 Å². The minimum absolute atomic E-state index is 0.0597. The summed E-state index contributed by atoms with van der Waals surface area (Å²) < 4.78 is 19.3. The van der Waals surface area contributed by atoms with Crippen LogP contribution in [-0.4, -0.2) is 36.6 Å². The summed E-state index contributed by atoms with van der Waals surface area (Å²) in [5.41, 5.74) is 0.509. The zero-order valence-electron chi connectivity index (χ0n) is 11.6. The van der Waals surface area contributed by atoms with E-state index in [1.165, 1.54) is 18.2 Å². The van der Waals surface area contributed by atoms with Gasteiger partial charge in [-0.3, -0.25) is 4.79 Å². The third-order valence-electron chi connectivity index (χ3n) is 3.39. The number of ether oxygens (including phenoxy) is 1. The molecule has 1 saturated heterocycles. The minimum atomic E-state index is -0.357. The molecular weight excluding hydrogens is 325 g/mol. The van der Waals surface area contributed by atoms with Crippen LogP contribution in [0.15, 0.2) is 22.7 Å². The van der Waals surface area contributed by atoms with E-state index in [2.05, 4.69) is 22.9 Å². The average Bonchev–Trinajstić information content (AvgIpc) is 2.47. The van der Waals surface area contributed by atoms with Crippen molar-refractivity contribution in [1.29, 1.82) is 0 Å². The smallest absolute Gasteiger partial charge is 0.253 e. The maximum atomic E-state index is 13.2. The van der Waals surface area contributed by atoms with Crippen LogP contribution in [0.4, 0.5) is 4.39 Å². The van der Waals surface area contributed by atoms with Gasteiger partial charge in [0.2, 0.25) is 0 Å². The van der Waals surface area contributed by atoms with Crippen LogP contribution in [0.5, 0.6) is 0 Å². The molecule has 1 aliphatic rings. The van der Waals surface area contributed by atoms with Crippen molar-refractivity contribution in [3.05, 3.63) is 34.1 Å². The average molecular weight is 344 g/mol. The summed E-state index contributed by atoms with van der Waals surface area (Å²) in [6.45, 7) is 4.16. The minimum Gasteiger partial charge on any atom is -0.376 e. The summed E-state index contributed by atoms with van der Waals surface area (Å²) >= 11 is 3.11. The Bertz CT molecular complexity index is 481. The highest BCUT2D eigenvalue weighted by atomic mass is 79.9. The van der Waals surface area contributed by atoms with Crippen LogP contribution in [0, 0.1) is 5.82 Å². The SMILES string of the molecule is CCCOC1CCCN(C(=O)c2ccc(F)c(Br)c2)C1. The molecule has 1 fully saturated rings. The highest BCUT2D eigenvalue weighted by Gasteiger charge is 2.25. The van der Waals surface area contributed by atoms with Gasteiger partial charge < -0.3 is 9.64 Å². The summed E-state index contributed by atoms with van der Waals surface area (Å²) in [4.78, 5) is 14.2. The molecule has 2 rings (SSSR count). The molecular formula is C15H19BrFNO2. The van der Waals surface area contributed by atoms with E-state index in [1.807, 2.05) is 0 Å². The number of hydrogen-bond donors (Lipinski definition) is 0. The summed E-state index contributed by atoms with van der Waals surface area (Å²) in [5.74, 6) is -0.417. The molecule has 1 unspecified atom stereocenters. The first-order valence-corrected chi connectivity index (χ1v) is 7.77. The van der Waals surface area contributed by atoms with Gasteiger partial charge in [0.15, 0.2) is 0 Å². The fourth-order valence-electron chi connectivity index (χ4n) is 2.35. The molecule has 0 saturated carbocycles. The molecule has 0 aliphatic carbocycles. The number of piperidine rings is 1. The molecule has 0 N–H and O–H groups in total. The van der Waals surface area contributed by atoms with E-state index in [4.69, 9.17) is 4.74 Å². The van der Waals surface area contributed by atoms with Crippen LogP contribution in [0.3, 0.4) is 0 Å². The van der Waals surface area contributed by atoms with Crippen molar-refractivity contribution >= 4 is 21.8 Å². The molecule has 0 spiro atoms. The normalized spacial score (nSPS) is 19.1. The molecule has 1 aromatic carbocycles. The third-order valence-corrected chi connectivity index (χ3v) is 4.00. The maximum absolute atomic E-state index is 13.2. The van der Waals surface area contributed by atoms with Gasteiger partial charge in [0.1, 0.15) is 5.82 Å². The number of rotatable bonds is 4. The van der Waals surface area contributed by atoms with Crippen molar-refractivity contribution in [3.8, 4) is 0 Å². The van der Waals surface area contributed by atoms with E-state index in [0.29, 0.717) is 16.6 Å². The molecule has 1 aromatic rings. The lowest BCUT2D eigenvalue weighted by Gasteiger charge is -2.32. The van der Waals surface area contributed by atoms with Crippen molar-refractivity contribution in [2.24, 2.45) is 0 Å². The number of nitrogens with zero attached hydrogens (tertiary/aromatic N) is 1. The standard InChI is InChI=1S/C15H19BrFNO2/c1-2-8-20-12-4-3-7-18(10-12)15(19)11-5-6-14(17)13(16)9-11/h5-6,9,12H,2-4,7-8,10H2,1H3. The molecule has 1 aliphatic heterocycles. The van der Waals surface area contributed by atoms with Crippen LogP contribution < -0.4 is 0 Å². The zero-order valence-corrected chi connectivity index (χ0v) is 13.2. The lowest BCUT2D eigenvalue weighted by molar-refractivity contribution is 0.00211. The van der Waals surface area contributed by atoms with E-state index in [1.54, 1.807) is 4.90 Å². The highest BCUT2D eigenvalue weighted by molar-refractivity contribution is 9.10. The summed E-state index contributed by atoms with van der Waals surface area (Å²) in [6.07, 6.45) is 3.05. The van der Waals surface area contributed by atoms with E-state index < -0.39 is 0 Å². The highest BCUT2D eigenvalue weighted by Crippen LogP contribution is 2.20. The molecule has 20 heavy (non-hydrogen) atoms. The third kappa shape index (κ3) is 3.79. The molecule has 0 radical (unpaired) electrons. The fraction of sp³-hybridized carbons (Fsp3) is 0.533. The largest absolute Gasteiger partial charge is 0.376 e. The monoisotopic (exact) mass is 343 g/mol. The van der Waals surface area contributed by atoms with Gasteiger partial charge >= 0.3 is 0 Å². The first kappa shape index (κ1) is 15.4. The Morgan fingerprint density at radius 1 is 1.55 bits per heavy atom. The van der Waals surface area contributed by atoms with Crippen molar-refractivity contribution in [2.75, 3.05) is 19.7 Å². The fourth-order valence-corrected chi connectivity index (χ4v) is 2.73. The number of hydrogen-bond acceptors (Lipinski definition) is 2. The molecule has 1 atom stereocenters. The Labute approximate surface area is 127 Å². The van der Waals surface area contributed by atoms with Gasteiger partial charge in [-0.05, 0) is 53.4 Å². The van der Waals surface area contributed by atoms with Crippen LogP contribution in [-0.2, 0) is 4.74 Å². The predicted molar refractivity (Wildman–Crippen MR) is 79.3 cm³/mol. The van der Waals surface area contributed by atoms with Crippen LogP contribution in [0.2, 0.25) is 0 Å². The van der Waals surface area contributed by atoms with Crippen molar-refractivity contribution in [3.63, 3.8) is 0 Å². The van der Waals surface area contributed by atoms with Gasteiger partial charge in [-0.25, -0.2) is 4.39 Å². The van der Waals surface area contributed by atoms with E-state index >= 15 is 0 Å². The molecule has 3 nitrogen and oxygen atoms in total. The topological polar surface area (TPSA) is 29.5 Å². The number of amides is 1. The Morgan fingerprint density at radius 3 is 3.05 bits per heavy atom. The Morgan fingerprint density at radius 2 is 2.35 bits per heavy atom. The maximum Gasteiger partial charge on any atom is 0.253 e. The second-order valence-corrected chi connectivity index (χ2v) is 5.87. The molecule has 1 amide bonds. The van der Waals surface area contributed by atoms with Gasteiger partial charge in [0, 0.05) is 25.3 Å². The molecule has 0 bridgehead atoms. The van der Waals surface area contributed by atoms with Crippen molar-refractivity contribution in [1.82, 2.24) is 4.90 Å². The molecule has 1 heterocycles. The number of halogens is 2. The summed E-state index contributed by atoms with van der Waals surface area (Å²) in [5, 5.41) is 0. The second kappa shape index (κ2) is 7.18. The molecule has 5 heteroatoms. The second-order valence-electron chi connectivity index (χ2n) is 5.02. The van der Waals surface area contributed by atoms with Gasteiger partial charge in [-0.15, -0.1) is 0 Å². The zero-order chi connectivity index (χ0) is 14.5. The summed E-state index contributed by atoms with van der Waals surface area (Å²) in [7, 11) is 0. The summed E-state index contributed by atoms with van der Waals surface area (Å²) in [6, 6.07) is 4.37. The van der Waals surface area contributed by atoms with Gasteiger partial charge in [-0.1, -0.05) is 6.92 Å². The van der Waals surface area contributed by atoms with Crippen molar-refractivity contribution < 1.29 is 13.9 Å². The Hall–Kier alpha value is -0.940. The number of benzene rings is 1. The van der Waals surface area contributed by atoms with Gasteiger partial charge in [-0.2, -0.15) is 0 Å². The van der Waals surface area contributed by atoms with Gasteiger partial charge in [0.25, 0.3) is 5.91 Å². The number of carbonyl (C=O) groups is 1. The lowest BCUT2D eigenvalue weighted by Crippen LogP contribution is -2.43. The number of carbonyl (C=O) groups excluding carboxylic acids is 1. The first-order valence-electron chi connectivity index (χ1n) is 6.97. The molecule has 0 aromatic heterocycles. The van der Waals surface area contributed by atoms with Gasteiger partial charge in [0.05, 0.1) is 10.6 Å². The van der Waals surface area contributed by atoms with E-state index in [9.17, 15) is 9.18 Å². The lowest BCUT2D eigenvalue weighted by atomic mass is 10.1. The van der Waals surface area contributed by atoms with Crippen molar-refractivity contribution in [2.45, 2.75) is 32.3 Å². The number of likely N-dealkylation sites (tertiary alicyclic amines) is 1. The predicted octanol–water partition coefficient (Wildman–Crippen LogP) is 3.62. The van der Waals surface area contributed by atoms with Crippen LogP contribution in [0.25, 0.3) is 0 Å². The van der Waals surface area contributed by atoms with Crippen LogP contribution in [0.1, 0.15) is 36.5 Å². The molecule has 110 valence electrons. The first-order chi connectivity index (χ1) is 9.61. The Balaban J connectivity index is 2.02. The Kier molecular flexibility index (Phi) is 5.54.